The molecule has 146 valence electrons. The van der Waals surface area contributed by atoms with Crippen molar-refractivity contribution in [1.82, 2.24) is 14.9 Å². The second-order valence-electron chi connectivity index (χ2n) is 7.33. The van der Waals surface area contributed by atoms with Crippen LogP contribution in [0.15, 0.2) is 59.8 Å². The molecule has 0 aliphatic rings. The Hall–Kier alpha value is -2.87. The van der Waals surface area contributed by atoms with Gasteiger partial charge in [-0.1, -0.05) is 62.9 Å². The number of aromatic nitrogens is 3. The van der Waals surface area contributed by atoms with Crippen molar-refractivity contribution < 1.29 is 9.18 Å². The van der Waals surface area contributed by atoms with E-state index in [1.807, 2.05) is 51.1 Å². The van der Waals surface area contributed by atoms with Crippen LogP contribution in [0.25, 0.3) is 0 Å². The molecule has 1 amide bonds. The smallest absolute Gasteiger partial charge is 0.242 e. The van der Waals surface area contributed by atoms with E-state index in [-0.39, 0.29) is 17.1 Å². The molecule has 6 nitrogen and oxygen atoms in total. The number of thioether (sulfide) groups is 1. The van der Waals surface area contributed by atoms with Crippen molar-refractivity contribution in [2.24, 2.45) is 0 Å². The maximum absolute atomic E-state index is 13.1. The molecule has 3 N–H and O–H groups in total. The second kappa shape index (κ2) is 8.02. The first-order valence-electron chi connectivity index (χ1n) is 8.74. The number of nitrogens with one attached hydrogen (secondary N) is 1. The number of rotatable bonds is 5. The standard InChI is InChI=1S/C20H22FN5OS/c1-20(2,3)18-24-25-19(26(18)22)28-16(13-7-5-4-6-8-13)17(27)23-15-11-9-14(21)10-12-15/h4-12,16H,22H2,1-3H3,(H,23,27). The number of anilines is 1. The van der Waals surface area contributed by atoms with E-state index in [0.29, 0.717) is 16.7 Å². The molecule has 0 aliphatic heterocycles. The summed E-state index contributed by atoms with van der Waals surface area (Å²) in [6, 6.07) is 15.0. The number of hydrogen-bond acceptors (Lipinski definition) is 5. The first kappa shape index (κ1) is 19.9. The summed E-state index contributed by atoms with van der Waals surface area (Å²) in [6.07, 6.45) is 0. The summed E-state index contributed by atoms with van der Waals surface area (Å²) in [5.74, 6) is 6.18. The summed E-state index contributed by atoms with van der Waals surface area (Å²) < 4.78 is 14.6. The zero-order valence-corrected chi connectivity index (χ0v) is 16.7. The molecule has 1 aromatic heterocycles. The van der Waals surface area contributed by atoms with Crippen molar-refractivity contribution in [2.75, 3.05) is 11.2 Å². The normalized spacial score (nSPS) is 12.6. The molecule has 1 unspecified atom stereocenters. The fraction of sp³-hybridized carbons (Fsp3) is 0.250. The minimum absolute atomic E-state index is 0.261. The molecule has 0 bridgehead atoms. The SMILES string of the molecule is CC(C)(C)c1nnc(SC(C(=O)Nc2ccc(F)cc2)c2ccccc2)n1N. The van der Waals surface area contributed by atoms with Gasteiger partial charge in [0.1, 0.15) is 11.1 Å². The average molecular weight is 399 g/mol. The molecule has 28 heavy (non-hydrogen) atoms. The summed E-state index contributed by atoms with van der Waals surface area (Å²) >= 11 is 1.21. The number of nitrogen functional groups attached to an aromatic ring is 1. The summed E-state index contributed by atoms with van der Waals surface area (Å²) in [7, 11) is 0. The summed E-state index contributed by atoms with van der Waals surface area (Å²) in [5.41, 5.74) is 1.03. The van der Waals surface area contributed by atoms with Crippen molar-refractivity contribution in [3.8, 4) is 0 Å². The minimum atomic E-state index is -0.606. The van der Waals surface area contributed by atoms with Crippen LogP contribution < -0.4 is 11.2 Å². The molecule has 0 fully saturated rings. The Bertz CT molecular complexity index is 951. The van der Waals surface area contributed by atoms with E-state index >= 15 is 0 Å². The number of nitrogens with zero attached hydrogens (tertiary/aromatic N) is 3. The van der Waals surface area contributed by atoms with E-state index in [4.69, 9.17) is 5.84 Å². The highest BCUT2D eigenvalue weighted by Crippen LogP contribution is 2.36. The molecule has 1 heterocycles. The average Bonchev–Trinajstić information content (AvgIpc) is 3.03. The molecule has 8 heteroatoms. The Kier molecular flexibility index (Phi) is 5.69. The van der Waals surface area contributed by atoms with Crippen LogP contribution in [0.1, 0.15) is 37.4 Å². The largest absolute Gasteiger partial charge is 0.336 e. The van der Waals surface area contributed by atoms with Crippen LogP contribution in [0.4, 0.5) is 10.1 Å². The molecule has 3 aromatic rings. The highest BCUT2D eigenvalue weighted by atomic mass is 32.2. The summed E-state index contributed by atoms with van der Waals surface area (Å²) in [5, 5.41) is 11.0. The number of hydrogen-bond donors (Lipinski definition) is 2. The lowest BCUT2D eigenvalue weighted by molar-refractivity contribution is -0.115. The lowest BCUT2D eigenvalue weighted by atomic mass is 9.96. The molecule has 0 spiro atoms. The van der Waals surface area contributed by atoms with Crippen LogP contribution in [0, 0.1) is 5.82 Å². The van der Waals surface area contributed by atoms with Crippen molar-refractivity contribution >= 4 is 23.4 Å². The molecule has 1 atom stereocenters. The number of carbonyl (C=O) groups excluding carboxylic acids is 1. The van der Waals surface area contributed by atoms with E-state index in [2.05, 4.69) is 15.5 Å². The van der Waals surface area contributed by atoms with E-state index in [1.54, 1.807) is 0 Å². The van der Waals surface area contributed by atoms with E-state index in [9.17, 15) is 9.18 Å². The topological polar surface area (TPSA) is 85.8 Å². The Morgan fingerprint density at radius 2 is 1.75 bits per heavy atom. The molecule has 0 radical (unpaired) electrons. The van der Waals surface area contributed by atoms with Gasteiger partial charge in [0.2, 0.25) is 11.1 Å². The lowest BCUT2D eigenvalue weighted by Crippen LogP contribution is -2.25. The highest BCUT2D eigenvalue weighted by molar-refractivity contribution is 8.00. The molecular weight excluding hydrogens is 377 g/mol. The highest BCUT2D eigenvalue weighted by Gasteiger charge is 2.28. The monoisotopic (exact) mass is 399 g/mol. The van der Waals surface area contributed by atoms with Gasteiger partial charge in [-0.3, -0.25) is 4.79 Å². The number of nitrogens with two attached hydrogens (primary N) is 1. The maximum atomic E-state index is 13.1. The number of amides is 1. The Balaban J connectivity index is 1.89. The third-order valence-corrected chi connectivity index (χ3v) is 5.22. The quantitative estimate of drug-likeness (QED) is 0.502. The minimum Gasteiger partial charge on any atom is -0.336 e. The van der Waals surface area contributed by atoms with Crippen LogP contribution in [-0.2, 0) is 10.2 Å². The zero-order chi connectivity index (χ0) is 20.3. The molecule has 0 aliphatic carbocycles. The van der Waals surface area contributed by atoms with E-state index < -0.39 is 5.25 Å². The van der Waals surface area contributed by atoms with Crippen LogP contribution in [0.3, 0.4) is 0 Å². The predicted octanol–water partition coefficient (Wildman–Crippen LogP) is 3.90. The Morgan fingerprint density at radius 1 is 1.11 bits per heavy atom. The van der Waals surface area contributed by atoms with Gasteiger partial charge in [-0.25, -0.2) is 9.07 Å². The molecule has 0 saturated carbocycles. The van der Waals surface area contributed by atoms with Gasteiger partial charge < -0.3 is 11.2 Å². The summed E-state index contributed by atoms with van der Waals surface area (Å²) in [4.78, 5) is 13.0. The third-order valence-electron chi connectivity index (χ3n) is 4.01. The van der Waals surface area contributed by atoms with Gasteiger partial charge in [-0.15, -0.1) is 10.2 Å². The number of benzene rings is 2. The molecule has 0 saturated heterocycles. The van der Waals surface area contributed by atoms with Crippen molar-refractivity contribution in [2.45, 2.75) is 36.6 Å². The first-order valence-corrected chi connectivity index (χ1v) is 9.62. The Labute approximate surface area is 167 Å². The second-order valence-corrected chi connectivity index (χ2v) is 8.40. The third kappa shape index (κ3) is 4.51. The van der Waals surface area contributed by atoms with Crippen molar-refractivity contribution in [3.05, 3.63) is 71.8 Å². The van der Waals surface area contributed by atoms with Crippen LogP contribution in [0.5, 0.6) is 0 Å². The number of carbonyl (C=O) groups is 1. The molecule has 3 rings (SSSR count). The fourth-order valence-corrected chi connectivity index (χ4v) is 3.57. The summed E-state index contributed by atoms with van der Waals surface area (Å²) in [6.45, 7) is 5.97. The number of halogens is 1. The fourth-order valence-electron chi connectivity index (χ4n) is 2.62. The van der Waals surface area contributed by atoms with E-state index in [0.717, 1.165) is 5.56 Å². The molecule has 2 aromatic carbocycles. The molecular formula is C20H22FN5OS. The van der Waals surface area contributed by atoms with Gasteiger partial charge in [0.25, 0.3) is 0 Å². The van der Waals surface area contributed by atoms with Crippen LogP contribution in [0.2, 0.25) is 0 Å². The van der Waals surface area contributed by atoms with Gasteiger partial charge in [0, 0.05) is 11.1 Å². The van der Waals surface area contributed by atoms with Crippen molar-refractivity contribution in [1.29, 1.82) is 0 Å². The first-order chi connectivity index (χ1) is 13.3. The predicted molar refractivity (Wildman–Crippen MR) is 109 cm³/mol. The van der Waals surface area contributed by atoms with Crippen molar-refractivity contribution in [3.63, 3.8) is 0 Å². The van der Waals surface area contributed by atoms with E-state index in [1.165, 1.54) is 40.7 Å². The lowest BCUT2D eigenvalue weighted by Gasteiger charge is -2.18. The zero-order valence-electron chi connectivity index (χ0n) is 15.9. The van der Waals surface area contributed by atoms with Gasteiger partial charge in [0.05, 0.1) is 0 Å². The van der Waals surface area contributed by atoms with Gasteiger partial charge in [-0.05, 0) is 29.8 Å². The van der Waals surface area contributed by atoms with Gasteiger partial charge in [-0.2, -0.15) is 0 Å². The maximum Gasteiger partial charge on any atom is 0.242 e. The van der Waals surface area contributed by atoms with Crippen LogP contribution >= 0.6 is 11.8 Å². The van der Waals surface area contributed by atoms with Gasteiger partial charge in [0.15, 0.2) is 5.82 Å². The van der Waals surface area contributed by atoms with Gasteiger partial charge >= 0.3 is 0 Å². The Morgan fingerprint density at radius 3 is 2.32 bits per heavy atom. The van der Waals surface area contributed by atoms with Crippen LogP contribution in [-0.4, -0.2) is 20.8 Å².